The minimum Gasteiger partial charge on any atom is -0.351 e. The minimum absolute atomic E-state index is 0.425. The first kappa shape index (κ1) is 14.0. The number of halogens is 2. The van der Waals surface area contributed by atoms with Gasteiger partial charge in [0.1, 0.15) is 0 Å². The third-order valence-electron chi connectivity index (χ3n) is 2.02. The van der Waals surface area contributed by atoms with Crippen LogP contribution in [0.4, 0.5) is 5.69 Å². The average molecular weight is 288 g/mol. The number of nitrogens with one attached hydrogen (secondary N) is 1. The molecule has 0 amide bonds. The molecule has 0 radical (unpaired) electrons. The molecule has 1 aromatic rings. The fourth-order valence-corrected chi connectivity index (χ4v) is 1.90. The van der Waals surface area contributed by atoms with Crippen molar-refractivity contribution in [2.45, 2.75) is 6.42 Å². The summed E-state index contributed by atoms with van der Waals surface area (Å²) in [5.41, 5.74) is 0.733. The van der Waals surface area contributed by atoms with Crippen LogP contribution in [0.15, 0.2) is 18.2 Å². The highest BCUT2D eigenvalue weighted by molar-refractivity contribution is 7.80. The van der Waals surface area contributed by atoms with Crippen molar-refractivity contribution in [1.82, 2.24) is 4.90 Å². The summed E-state index contributed by atoms with van der Waals surface area (Å²) >= 11 is 16.9. The molecular weight excluding hydrogens is 277 g/mol. The fraction of sp³-hybridized carbons (Fsp3) is 0.273. The van der Waals surface area contributed by atoms with Crippen molar-refractivity contribution < 1.29 is 0 Å². The van der Waals surface area contributed by atoms with Crippen LogP contribution in [-0.4, -0.2) is 23.6 Å². The van der Waals surface area contributed by atoms with Gasteiger partial charge in [-0.25, -0.2) is 0 Å². The van der Waals surface area contributed by atoms with E-state index >= 15 is 0 Å². The number of thiocarbonyl (C=S) groups is 1. The lowest BCUT2D eigenvalue weighted by Crippen LogP contribution is -2.31. The molecule has 1 rings (SSSR count). The quantitative estimate of drug-likeness (QED) is 0.864. The third kappa shape index (κ3) is 4.78. The molecule has 0 spiro atoms. The Balaban J connectivity index is 2.64. The summed E-state index contributed by atoms with van der Waals surface area (Å²) < 4.78 is 0. The maximum Gasteiger partial charge on any atom is 0.173 e. The number of hydrogen-bond acceptors (Lipinski definition) is 2. The third-order valence-corrected chi connectivity index (χ3v) is 2.87. The molecule has 0 fully saturated rings. The lowest BCUT2D eigenvalue weighted by molar-refractivity contribution is 0.523. The Morgan fingerprint density at radius 2 is 2.00 bits per heavy atom. The van der Waals surface area contributed by atoms with Crippen LogP contribution in [0.3, 0.4) is 0 Å². The van der Waals surface area contributed by atoms with Gasteiger partial charge in [-0.2, -0.15) is 5.26 Å². The molecular formula is C11H11Cl2N3S. The zero-order valence-electron chi connectivity index (χ0n) is 9.20. The van der Waals surface area contributed by atoms with Gasteiger partial charge < -0.3 is 10.2 Å². The molecule has 1 N–H and O–H groups in total. The van der Waals surface area contributed by atoms with Crippen LogP contribution in [0, 0.1) is 11.3 Å². The van der Waals surface area contributed by atoms with E-state index in [2.05, 4.69) is 11.4 Å². The molecule has 0 atom stereocenters. The molecule has 0 heterocycles. The van der Waals surface area contributed by atoms with E-state index in [1.54, 1.807) is 23.1 Å². The highest BCUT2D eigenvalue weighted by atomic mass is 35.5. The second kappa shape index (κ2) is 6.65. The number of rotatable bonds is 3. The van der Waals surface area contributed by atoms with Gasteiger partial charge in [0.15, 0.2) is 5.11 Å². The van der Waals surface area contributed by atoms with Crippen LogP contribution >= 0.6 is 35.4 Å². The van der Waals surface area contributed by atoms with E-state index in [1.807, 2.05) is 7.05 Å². The van der Waals surface area contributed by atoms with Crippen molar-refractivity contribution in [2.75, 3.05) is 18.9 Å². The van der Waals surface area contributed by atoms with E-state index < -0.39 is 0 Å². The van der Waals surface area contributed by atoms with E-state index in [1.165, 1.54) is 0 Å². The van der Waals surface area contributed by atoms with E-state index in [9.17, 15) is 0 Å². The highest BCUT2D eigenvalue weighted by Gasteiger charge is 2.05. The van der Waals surface area contributed by atoms with Gasteiger partial charge in [0.2, 0.25) is 0 Å². The van der Waals surface area contributed by atoms with Crippen molar-refractivity contribution in [1.29, 1.82) is 5.26 Å². The maximum absolute atomic E-state index is 8.48. The Morgan fingerprint density at radius 1 is 1.41 bits per heavy atom. The first-order valence-electron chi connectivity index (χ1n) is 4.88. The molecule has 1 aromatic carbocycles. The van der Waals surface area contributed by atoms with Crippen LogP contribution in [0.5, 0.6) is 0 Å². The van der Waals surface area contributed by atoms with Gasteiger partial charge in [-0.15, -0.1) is 0 Å². The molecule has 0 aliphatic heterocycles. The average Bonchev–Trinajstić information content (AvgIpc) is 2.24. The summed E-state index contributed by atoms with van der Waals surface area (Å²) in [7, 11) is 1.82. The van der Waals surface area contributed by atoms with E-state index in [4.69, 9.17) is 40.7 Å². The van der Waals surface area contributed by atoms with Crippen molar-refractivity contribution in [3.63, 3.8) is 0 Å². The Bertz CT molecular complexity index is 436. The number of anilines is 1. The smallest absolute Gasteiger partial charge is 0.173 e. The predicted octanol–water partition coefficient (Wildman–Crippen LogP) is 3.54. The number of hydrogen-bond donors (Lipinski definition) is 1. The SMILES string of the molecule is CN(CCC#N)C(=S)Nc1cc(Cl)cc(Cl)c1. The van der Waals surface area contributed by atoms with E-state index in [-0.39, 0.29) is 0 Å². The Kier molecular flexibility index (Phi) is 5.49. The van der Waals surface area contributed by atoms with Crippen LogP contribution in [0.2, 0.25) is 10.0 Å². The molecule has 0 aliphatic rings. The van der Waals surface area contributed by atoms with E-state index in [0.717, 1.165) is 5.69 Å². The lowest BCUT2D eigenvalue weighted by atomic mass is 10.3. The molecule has 0 saturated carbocycles. The van der Waals surface area contributed by atoms with Crippen molar-refractivity contribution in [2.24, 2.45) is 0 Å². The molecule has 6 heteroatoms. The summed E-state index contributed by atoms with van der Waals surface area (Å²) in [6.07, 6.45) is 0.425. The molecule has 17 heavy (non-hydrogen) atoms. The lowest BCUT2D eigenvalue weighted by Gasteiger charge is -2.19. The molecule has 0 aromatic heterocycles. The van der Waals surface area contributed by atoms with Gasteiger partial charge in [-0.05, 0) is 30.4 Å². The maximum atomic E-state index is 8.48. The fourth-order valence-electron chi connectivity index (χ4n) is 1.16. The Hall–Kier alpha value is -1.02. The second-order valence-electron chi connectivity index (χ2n) is 3.42. The number of benzene rings is 1. The highest BCUT2D eigenvalue weighted by Crippen LogP contribution is 2.22. The van der Waals surface area contributed by atoms with Gasteiger partial charge in [0, 0.05) is 29.3 Å². The van der Waals surface area contributed by atoms with Crippen molar-refractivity contribution >= 4 is 46.2 Å². The van der Waals surface area contributed by atoms with Gasteiger partial charge in [0.25, 0.3) is 0 Å². The molecule has 0 unspecified atom stereocenters. The normalized spacial score (nSPS) is 9.53. The second-order valence-corrected chi connectivity index (χ2v) is 4.68. The number of nitrogens with zero attached hydrogens (tertiary/aromatic N) is 2. The Morgan fingerprint density at radius 3 is 2.53 bits per heavy atom. The van der Waals surface area contributed by atoms with Crippen LogP contribution < -0.4 is 5.32 Å². The Labute approximate surface area is 116 Å². The molecule has 0 bridgehead atoms. The summed E-state index contributed by atoms with van der Waals surface area (Å²) in [6.45, 7) is 0.580. The first-order valence-corrected chi connectivity index (χ1v) is 6.04. The largest absolute Gasteiger partial charge is 0.351 e. The zero-order valence-corrected chi connectivity index (χ0v) is 11.5. The van der Waals surface area contributed by atoms with Gasteiger partial charge in [0.05, 0.1) is 12.5 Å². The van der Waals surface area contributed by atoms with Crippen LogP contribution in [-0.2, 0) is 0 Å². The standard InChI is InChI=1S/C11H11Cl2N3S/c1-16(4-2-3-14)11(17)15-10-6-8(12)5-9(13)7-10/h5-7H,2,4H2,1H3,(H,15,17). The van der Waals surface area contributed by atoms with Crippen LogP contribution in [0.25, 0.3) is 0 Å². The van der Waals surface area contributed by atoms with Gasteiger partial charge >= 0.3 is 0 Å². The first-order chi connectivity index (χ1) is 8.02. The predicted molar refractivity (Wildman–Crippen MR) is 75.5 cm³/mol. The van der Waals surface area contributed by atoms with Crippen LogP contribution in [0.1, 0.15) is 6.42 Å². The number of nitriles is 1. The van der Waals surface area contributed by atoms with Gasteiger partial charge in [-0.1, -0.05) is 23.2 Å². The summed E-state index contributed by atoms with van der Waals surface area (Å²) in [6, 6.07) is 7.18. The molecule has 0 aliphatic carbocycles. The summed E-state index contributed by atoms with van der Waals surface area (Å²) in [5, 5.41) is 13.1. The summed E-state index contributed by atoms with van der Waals surface area (Å²) in [5.74, 6) is 0. The minimum atomic E-state index is 0.425. The monoisotopic (exact) mass is 287 g/mol. The van der Waals surface area contributed by atoms with E-state index in [0.29, 0.717) is 28.1 Å². The summed E-state index contributed by atoms with van der Waals surface area (Å²) in [4.78, 5) is 1.79. The topological polar surface area (TPSA) is 39.1 Å². The van der Waals surface area contributed by atoms with Crippen molar-refractivity contribution in [3.05, 3.63) is 28.2 Å². The molecule has 3 nitrogen and oxygen atoms in total. The van der Waals surface area contributed by atoms with Gasteiger partial charge in [-0.3, -0.25) is 0 Å². The molecule has 90 valence electrons. The zero-order chi connectivity index (χ0) is 12.8. The van der Waals surface area contributed by atoms with Crippen molar-refractivity contribution in [3.8, 4) is 6.07 Å². The molecule has 0 saturated heterocycles.